The van der Waals surface area contributed by atoms with Crippen LogP contribution < -0.4 is 10.0 Å². The van der Waals surface area contributed by atoms with E-state index in [1.54, 1.807) is 12.1 Å². The maximum Gasteiger partial charge on any atom is 0.229 e. The molecule has 0 radical (unpaired) electrons. The lowest BCUT2D eigenvalue weighted by atomic mass is 10.0. The van der Waals surface area contributed by atoms with Crippen LogP contribution in [0.4, 0.5) is 11.4 Å². The Balaban J connectivity index is 1.95. The molecule has 1 aromatic carbocycles. The molecule has 0 saturated carbocycles. The van der Waals surface area contributed by atoms with Crippen molar-refractivity contribution in [2.45, 2.75) is 31.9 Å². The van der Waals surface area contributed by atoms with E-state index in [0.717, 1.165) is 31.4 Å². The summed E-state index contributed by atoms with van der Waals surface area (Å²) < 4.78 is 30.1. The summed E-state index contributed by atoms with van der Waals surface area (Å²) in [5, 5.41) is 3.44. The number of hydrogen-bond donors (Lipinski definition) is 2. The quantitative estimate of drug-likeness (QED) is 0.888. The first-order valence-electron chi connectivity index (χ1n) is 6.38. The van der Waals surface area contributed by atoms with Gasteiger partial charge in [0.25, 0.3) is 0 Å². The third-order valence-corrected chi connectivity index (χ3v) is 3.65. The molecular weight excluding hydrogens is 264 g/mol. The molecule has 0 amide bonds. The molecular formula is C13H20N2O3S. The summed E-state index contributed by atoms with van der Waals surface area (Å²) in [6.07, 6.45) is 3.41. The molecule has 2 unspecified atom stereocenters. The third kappa shape index (κ3) is 4.72. The second kappa shape index (κ2) is 5.79. The van der Waals surface area contributed by atoms with Gasteiger partial charge in [0, 0.05) is 24.0 Å². The lowest BCUT2D eigenvalue weighted by molar-refractivity contribution is 0.0232. The van der Waals surface area contributed by atoms with Crippen LogP contribution in [0.2, 0.25) is 0 Å². The largest absolute Gasteiger partial charge is 0.382 e. The average molecular weight is 284 g/mol. The fraction of sp³-hybridized carbons (Fsp3) is 0.538. The van der Waals surface area contributed by atoms with Crippen molar-refractivity contribution in [3.05, 3.63) is 24.3 Å². The van der Waals surface area contributed by atoms with Crippen molar-refractivity contribution in [3.63, 3.8) is 0 Å². The van der Waals surface area contributed by atoms with Crippen LogP contribution in [0.3, 0.4) is 0 Å². The van der Waals surface area contributed by atoms with Gasteiger partial charge in [0.2, 0.25) is 10.0 Å². The van der Waals surface area contributed by atoms with Gasteiger partial charge < -0.3 is 10.1 Å². The highest BCUT2D eigenvalue weighted by Gasteiger charge is 2.18. The van der Waals surface area contributed by atoms with Crippen LogP contribution in [0.25, 0.3) is 0 Å². The summed E-state index contributed by atoms with van der Waals surface area (Å²) in [6, 6.07) is 7.69. The molecule has 5 nitrogen and oxygen atoms in total. The first kappa shape index (κ1) is 14.1. The van der Waals surface area contributed by atoms with Crippen LogP contribution in [-0.4, -0.2) is 33.4 Å². The Morgan fingerprint density at radius 3 is 2.42 bits per heavy atom. The summed E-state index contributed by atoms with van der Waals surface area (Å²) in [6.45, 7) is 2.86. The first-order chi connectivity index (χ1) is 8.92. The monoisotopic (exact) mass is 284 g/mol. The fourth-order valence-corrected chi connectivity index (χ4v) is 2.78. The molecule has 1 aromatic rings. The number of ether oxygens (including phenoxy) is 1. The molecule has 6 heteroatoms. The van der Waals surface area contributed by atoms with Crippen molar-refractivity contribution in [1.29, 1.82) is 0 Å². The number of hydrogen-bond acceptors (Lipinski definition) is 4. The third-order valence-electron chi connectivity index (χ3n) is 3.04. The standard InChI is InChI=1S/C13H20N2O3S/c1-10-9-13(7-8-18-10)14-11-3-5-12(6-4-11)15-19(2,16)17/h3-6,10,13-15H,7-9H2,1-2H3. The normalized spacial score (nSPS) is 23.9. The van der Waals surface area contributed by atoms with E-state index in [0.29, 0.717) is 11.7 Å². The number of rotatable bonds is 4. The van der Waals surface area contributed by atoms with Gasteiger partial charge in [-0.2, -0.15) is 0 Å². The van der Waals surface area contributed by atoms with Gasteiger partial charge in [-0.1, -0.05) is 0 Å². The summed E-state index contributed by atoms with van der Waals surface area (Å²) in [5.41, 5.74) is 1.58. The van der Waals surface area contributed by atoms with E-state index >= 15 is 0 Å². The van der Waals surface area contributed by atoms with Gasteiger partial charge in [0.15, 0.2) is 0 Å². The van der Waals surface area contributed by atoms with Crippen LogP contribution in [0.5, 0.6) is 0 Å². The Morgan fingerprint density at radius 2 is 1.84 bits per heavy atom. The minimum atomic E-state index is -3.21. The highest BCUT2D eigenvalue weighted by molar-refractivity contribution is 7.92. The topological polar surface area (TPSA) is 67.4 Å². The van der Waals surface area contributed by atoms with E-state index in [1.165, 1.54) is 0 Å². The minimum absolute atomic E-state index is 0.289. The maximum atomic E-state index is 11.1. The van der Waals surface area contributed by atoms with Crippen molar-refractivity contribution >= 4 is 21.4 Å². The number of sulfonamides is 1. The summed E-state index contributed by atoms with van der Waals surface area (Å²) in [5.74, 6) is 0. The molecule has 1 fully saturated rings. The zero-order valence-corrected chi connectivity index (χ0v) is 12.0. The van der Waals surface area contributed by atoms with Crippen LogP contribution in [0, 0.1) is 0 Å². The summed E-state index contributed by atoms with van der Waals surface area (Å²) in [7, 11) is -3.21. The van der Waals surface area contributed by atoms with Gasteiger partial charge in [0.1, 0.15) is 0 Å². The molecule has 2 N–H and O–H groups in total. The maximum absolute atomic E-state index is 11.1. The van der Waals surface area contributed by atoms with Gasteiger partial charge in [-0.15, -0.1) is 0 Å². The Bertz CT molecular complexity index is 513. The van der Waals surface area contributed by atoms with E-state index < -0.39 is 10.0 Å². The molecule has 19 heavy (non-hydrogen) atoms. The van der Waals surface area contributed by atoms with E-state index in [9.17, 15) is 8.42 Å². The van der Waals surface area contributed by atoms with Gasteiger partial charge in [-0.25, -0.2) is 8.42 Å². The van der Waals surface area contributed by atoms with Gasteiger partial charge in [-0.05, 0) is 44.0 Å². The van der Waals surface area contributed by atoms with Crippen molar-refractivity contribution < 1.29 is 13.2 Å². The summed E-state index contributed by atoms with van der Waals surface area (Å²) >= 11 is 0. The number of nitrogens with one attached hydrogen (secondary N) is 2. The van der Waals surface area contributed by atoms with E-state index in [-0.39, 0.29) is 6.10 Å². The molecule has 1 saturated heterocycles. The predicted octanol–water partition coefficient (Wildman–Crippen LogP) is 2.04. The molecule has 1 heterocycles. The first-order valence-corrected chi connectivity index (χ1v) is 8.27. The SMILES string of the molecule is CC1CC(Nc2ccc(NS(C)(=O)=O)cc2)CCO1. The minimum Gasteiger partial charge on any atom is -0.382 e. The number of anilines is 2. The molecule has 2 atom stereocenters. The van der Waals surface area contributed by atoms with Gasteiger partial charge in [-0.3, -0.25) is 4.72 Å². The molecule has 2 rings (SSSR count). The molecule has 0 spiro atoms. The zero-order valence-electron chi connectivity index (χ0n) is 11.2. The molecule has 1 aliphatic rings. The van der Waals surface area contributed by atoms with E-state index in [4.69, 9.17) is 4.74 Å². The van der Waals surface area contributed by atoms with Crippen LogP contribution >= 0.6 is 0 Å². The Kier molecular flexibility index (Phi) is 4.31. The van der Waals surface area contributed by atoms with Gasteiger partial charge in [0.05, 0.1) is 12.4 Å². The van der Waals surface area contributed by atoms with Crippen LogP contribution in [0.15, 0.2) is 24.3 Å². The molecule has 106 valence electrons. The highest BCUT2D eigenvalue weighted by Crippen LogP contribution is 2.20. The van der Waals surface area contributed by atoms with Crippen molar-refractivity contribution in [2.75, 3.05) is 22.9 Å². The average Bonchev–Trinajstić information content (AvgIpc) is 2.30. The van der Waals surface area contributed by atoms with E-state index in [1.807, 2.05) is 12.1 Å². The molecule has 0 aliphatic carbocycles. The van der Waals surface area contributed by atoms with Crippen molar-refractivity contribution in [1.82, 2.24) is 0 Å². The second-order valence-corrected chi connectivity index (χ2v) is 6.75. The lowest BCUT2D eigenvalue weighted by Gasteiger charge is -2.28. The molecule has 0 bridgehead atoms. The van der Waals surface area contributed by atoms with Gasteiger partial charge >= 0.3 is 0 Å². The second-order valence-electron chi connectivity index (χ2n) is 5.00. The van der Waals surface area contributed by atoms with E-state index in [2.05, 4.69) is 17.0 Å². The zero-order chi connectivity index (χ0) is 13.9. The van der Waals surface area contributed by atoms with Crippen LogP contribution in [-0.2, 0) is 14.8 Å². The molecule has 1 aliphatic heterocycles. The Hall–Kier alpha value is -1.27. The van der Waals surface area contributed by atoms with Crippen LogP contribution in [0.1, 0.15) is 19.8 Å². The smallest absolute Gasteiger partial charge is 0.229 e. The lowest BCUT2D eigenvalue weighted by Crippen LogP contribution is -2.32. The Morgan fingerprint density at radius 1 is 1.21 bits per heavy atom. The Labute approximate surface area is 114 Å². The summed E-state index contributed by atoms with van der Waals surface area (Å²) in [4.78, 5) is 0. The fourth-order valence-electron chi connectivity index (χ4n) is 2.21. The molecule has 0 aromatic heterocycles. The predicted molar refractivity (Wildman–Crippen MR) is 77.0 cm³/mol. The van der Waals surface area contributed by atoms with Crippen molar-refractivity contribution in [2.24, 2.45) is 0 Å². The number of benzene rings is 1. The van der Waals surface area contributed by atoms with Crippen molar-refractivity contribution in [3.8, 4) is 0 Å². The highest BCUT2D eigenvalue weighted by atomic mass is 32.2.